The number of aliphatic hydroxyl groups is 1. The SMILES string of the molecule is CC1(C)O[C@@H]2[C@H](O1)[C@@H](CO)O[C@H]2n1cnc2c(N)ncnc21.Cc1ccc(S(=O)(=O)Cl)cc1.Cc1ccc(S(=O)(=O)OC[C@H]2O[C@@H](n3cnc4c(N)ncnc43)[C@@H]3OC(C)(C)O[C@@H]32)cc1. The summed E-state index contributed by atoms with van der Waals surface area (Å²) in [6.07, 6.45) is 1.72. The largest absolute Gasteiger partial charge is 0.394 e. The average Bonchev–Trinajstić information content (AvgIpc) is 4.09. The summed E-state index contributed by atoms with van der Waals surface area (Å²) in [6, 6.07) is 12.8. The number of hydrogen-bond donors (Lipinski definition) is 3. The standard InChI is InChI=1S/C20H23N5O6S.C13H17N5O4.C7H7ClO2S/c1-11-4-6-12(7-5-11)32(26,27)28-8-13-15-16(31-20(2,3)30-15)19(29-13)25-10-24-14-17(21)22-9-23-18(14)25;1-13(2)21-8-6(3-19)20-12(9(8)22-13)18-5-17-7-10(14)15-4-16-11(7)18;1-6-2-4-7(5-3-6)11(8,9)10/h4-7,9-10,13,15-16,19H,8H2,1-3H3,(H2,21,22,23);4-6,8-9,12,19H,3H2,1-2H3,(H2,14,15,16);2-5H,1H3/t13-,15-,16-,19-;6-,8-,9-,12-;/m11./s1. The molecule has 0 saturated carbocycles. The van der Waals surface area contributed by atoms with Crippen LogP contribution >= 0.6 is 10.7 Å². The minimum absolute atomic E-state index is 0.0749. The summed E-state index contributed by atoms with van der Waals surface area (Å²) in [5.41, 5.74) is 15.6. The maximum absolute atomic E-state index is 12.6. The van der Waals surface area contributed by atoms with Gasteiger partial charge < -0.3 is 45.0 Å². The number of imidazole rings is 2. The van der Waals surface area contributed by atoms with E-state index in [-0.39, 0.29) is 41.0 Å². The molecule has 348 valence electrons. The van der Waals surface area contributed by atoms with Crippen LogP contribution in [0.3, 0.4) is 0 Å². The molecular weight excluding hydrogens is 912 g/mol. The predicted molar refractivity (Wildman–Crippen MR) is 231 cm³/mol. The van der Waals surface area contributed by atoms with Gasteiger partial charge in [0.2, 0.25) is 0 Å². The quantitative estimate of drug-likeness (QED) is 0.146. The number of ether oxygens (including phenoxy) is 6. The van der Waals surface area contributed by atoms with E-state index < -0.39 is 67.6 Å². The van der Waals surface area contributed by atoms with Crippen molar-refractivity contribution in [1.29, 1.82) is 0 Å². The fourth-order valence-electron chi connectivity index (χ4n) is 7.79. The average molecular weight is 959 g/mol. The number of nitrogen functional groups attached to an aromatic ring is 2. The monoisotopic (exact) mass is 958 g/mol. The molecule has 10 rings (SSSR count). The molecule has 8 heterocycles. The van der Waals surface area contributed by atoms with Crippen LogP contribution in [0.4, 0.5) is 11.6 Å². The molecule has 4 fully saturated rings. The number of halogens is 1. The normalized spacial score (nSPS) is 26.6. The van der Waals surface area contributed by atoms with Crippen LogP contribution < -0.4 is 11.5 Å². The molecule has 6 aromatic rings. The van der Waals surface area contributed by atoms with Crippen LogP contribution in [0, 0.1) is 13.8 Å². The van der Waals surface area contributed by atoms with E-state index in [1.165, 1.54) is 36.9 Å². The lowest BCUT2D eigenvalue weighted by molar-refractivity contribution is -0.199. The second kappa shape index (κ2) is 17.7. The van der Waals surface area contributed by atoms with Crippen molar-refractivity contribution < 1.29 is 54.5 Å². The first kappa shape index (κ1) is 46.5. The molecule has 4 aliphatic heterocycles. The first-order valence-electron chi connectivity index (χ1n) is 20.1. The molecule has 0 spiro atoms. The molecule has 4 aliphatic rings. The van der Waals surface area contributed by atoms with Gasteiger partial charge in [0.25, 0.3) is 19.2 Å². The van der Waals surface area contributed by atoms with Gasteiger partial charge in [-0.05, 0) is 65.8 Å². The summed E-state index contributed by atoms with van der Waals surface area (Å²) in [5.74, 6) is -1.05. The predicted octanol–water partition coefficient (Wildman–Crippen LogP) is 3.28. The summed E-state index contributed by atoms with van der Waals surface area (Å²) < 4.78 is 91.4. The van der Waals surface area contributed by atoms with E-state index in [0.717, 1.165) is 11.1 Å². The third kappa shape index (κ3) is 9.65. The van der Waals surface area contributed by atoms with E-state index in [1.807, 2.05) is 27.7 Å². The van der Waals surface area contributed by atoms with E-state index >= 15 is 0 Å². The molecule has 5 N–H and O–H groups in total. The van der Waals surface area contributed by atoms with E-state index in [1.54, 1.807) is 59.9 Å². The topological polar surface area (TPSA) is 292 Å². The fourth-order valence-corrected chi connectivity index (χ4v) is 9.48. The minimum atomic E-state index is -3.97. The molecule has 22 nitrogen and oxygen atoms in total. The Kier molecular flexibility index (Phi) is 12.7. The highest BCUT2D eigenvalue weighted by atomic mass is 35.7. The van der Waals surface area contributed by atoms with Crippen molar-refractivity contribution in [2.24, 2.45) is 0 Å². The molecule has 4 aromatic heterocycles. The molecule has 25 heteroatoms. The van der Waals surface area contributed by atoms with Crippen molar-refractivity contribution in [2.45, 2.75) is 112 Å². The van der Waals surface area contributed by atoms with Gasteiger partial charge in [-0.2, -0.15) is 8.42 Å². The van der Waals surface area contributed by atoms with Gasteiger partial charge in [0.05, 0.1) is 35.7 Å². The maximum Gasteiger partial charge on any atom is 0.297 e. The lowest BCUT2D eigenvalue weighted by atomic mass is 10.1. The Morgan fingerprint density at radius 3 is 1.51 bits per heavy atom. The third-order valence-corrected chi connectivity index (χ3v) is 13.4. The zero-order valence-electron chi connectivity index (χ0n) is 35.8. The van der Waals surface area contributed by atoms with Gasteiger partial charge in [-0.25, -0.2) is 38.3 Å². The number of nitrogens with zero attached hydrogens (tertiary/aromatic N) is 8. The van der Waals surface area contributed by atoms with Crippen molar-refractivity contribution in [3.8, 4) is 0 Å². The van der Waals surface area contributed by atoms with Crippen molar-refractivity contribution in [1.82, 2.24) is 39.0 Å². The summed E-state index contributed by atoms with van der Waals surface area (Å²) in [5, 5.41) is 9.52. The van der Waals surface area contributed by atoms with Crippen LogP contribution in [0.5, 0.6) is 0 Å². The maximum atomic E-state index is 12.6. The minimum Gasteiger partial charge on any atom is -0.394 e. The molecule has 0 radical (unpaired) electrons. The summed E-state index contributed by atoms with van der Waals surface area (Å²) >= 11 is 0. The van der Waals surface area contributed by atoms with E-state index in [2.05, 4.69) is 29.9 Å². The van der Waals surface area contributed by atoms with Crippen molar-refractivity contribution in [3.63, 3.8) is 0 Å². The van der Waals surface area contributed by atoms with Gasteiger partial charge in [-0.3, -0.25) is 13.3 Å². The van der Waals surface area contributed by atoms with Crippen molar-refractivity contribution >= 4 is 63.8 Å². The second-order valence-electron chi connectivity index (χ2n) is 16.4. The number of anilines is 2. The first-order chi connectivity index (χ1) is 30.6. The number of rotatable bonds is 8. The highest BCUT2D eigenvalue weighted by molar-refractivity contribution is 8.13. The highest BCUT2D eigenvalue weighted by Gasteiger charge is 2.57. The Labute approximate surface area is 377 Å². The Bertz CT molecular complexity index is 2900. The Morgan fingerprint density at radius 1 is 0.646 bits per heavy atom. The van der Waals surface area contributed by atoms with Crippen molar-refractivity contribution in [3.05, 3.63) is 85.0 Å². The van der Waals surface area contributed by atoms with Crippen LogP contribution in [0.15, 0.2) is 83.6 Å². The van der Waals surface area contributed by atoms with Gasteiger partial charge in [-0.1, -0.05) is 35.4 Å². The van der Waals surface area contributed by atoms with Gasteiger partial charge >= 0.3 is 0 Å². The lowest BCUT2D eigenvalue weighted by Gasteiger charge is -2.24. The van der Waals surface area contributed by atoms with Gasteiger partial charge in [0.1, 0.15) is 60.3 Å². The van der Waals surface area contributed by atoms with Crippen LogP contribution in [0.25, 0.3) is 22.3 Å². The second-order valence-corrected chi connectivity index (χ2v) is 20.6. The highest BCUT2D eigenvalue weighted by Crippen LogP contribution is 2.45. The van der Waals surface area contributed by atoms with E-state index in [9.17, 15) is 21.9 Å². The van der Waals surface area contributed by atoms with Crippen LogP contribution in [-0.4, -0.2) is 122 Å². The lowest BCUT2D eigenvalue weighted by Crippen LogP contribution is -2.33. The van der Waals surface area contributed by atoms with Crippen molar-refractivity contribution in [2.75, 3.05) is 24.7 Å². The molecule has 0 unspecified atom stereocenters. The Hall–Kier alpha value is -4.99. The Balaban J connectivity index is 0.000000150. The number of aliphatic hydroxyl groups excluding tert-OH is 1. The van der Waals surface area contributed by atoms with Crippen LogP contribution in [0.2, 0.25) is 0 Å². The molecule has 0 aliphatic carbocycles. The molecule has 8 atom stereocenters. The number of hydrogen-bond acceptors (Lipinski definition) is 20. The van der Waals surface area contributed by atoms with Gasteiger partial charge in [0, 0.05) is 10.7 Å². The zero-order chi connectivity index (χ0) is 46.6. The number of fused-ring (bicyclic) bond motifs is 4. The molecular formula is C40H47ClN10O12S2. The fraction of sp³-hybridized carbons (Fsp3) is 0.450. The van der Waals surface area contributed by atoms with E-state index in [0.29, 0.717) is 28.1 Å². The number of aromatic nitrogens is 8. The van der Waals surface area contributed by atoms with Gasteiger partial charge in [-0.15, -0.1) is 0 Å². The molecule has 0 amide bonds. The number of nitrogens with two attached hydrogens (primary N) is 2. The zero-order valence-corrected chi connectivity index (χ0v) is 38.2. The van der Waals surface area contributed by atoms with E-state index in [4.69, 9.17) is 54.8 Å². The number of aryl methyl sites for hydroxylation is 2. The molecule has 4 saturated heterocycles. The molecule has 65 heavy (non-hydrogen) atoms. The summed E-state index contributed by atoms with van der Waals surface area (Å²) in [4.78, 5) is 25.1. The smallest absolute Gasteiger partial charge is 0.297 e. The Morgan fingerprint density at radius 2 is 1.06 bits per heavy atom. The third-order valence-electron chi connectivity index (χ3n) is 10.8. The number of benzene rings is 2. The van der Waals surface area contributed by atoms with Crippen LogP contribution in [-0.2, 0) is 51.8 Å². The summed E-state index contributed by atoms with van der Waals surface area (Å²) in [6.45, 7) is 10.6. The molecule has 2 aromatic carbocycles. The first-order valence-corrected chi connectivity index (χ1v) is 23.8. The summed E-state index contributed by atoms with van der Waals surface area (Å²) in [7, 11) is -2.43. The van der Waals surface area contributed by atoms with Crippen LogP contribution in [0.1, 0.15) is 51.3 Å². The van der Waals surface area contributed by atoms with Gasteiger partial charge in [0.15, 0.2) is 47.0 Å². The molecule has 0 bridgehead atoms.